The Labute approximate surface area is 113 Å². The lowest BCUT2D eigenvalue weighted by molar-refractivity contribution is 0.315. The number of nitrogens with zero attached hydrogens (tertiary/aromatic N) is 2. The van der Waals surface area contributed by atoms with Gasteiger partial charge in [-0.1, -0.05) is 33.1 Å². The second-order valence-electron chi connectivity index (χ2n) is 4.96. The molecule has 2 rings (SSSR count). The standard InChI is InChI=1S/C14H22N4O/c1-3-5-6-10(4-2)9-16-12-8-7-11(15)13-14(12)18-19-17-13/h7-8,10,16H,3-6,9,15H2,1-2H3. The van der Waals surface area contributed by atoms with Gasteiger partial charge in [0.15, 0.2) is 11.0 Å². The minimum Gasteiger partial charge on any atom is -0.397 e. The van der Waals surface area contributed by atoms with E-state index >= 15 is 0 Å². The zero-order chi connectivity index (χ0) is 13.7. The third-order valence-corrected chi connectivity index (χ3v) is 3.57. The number of benzene rings is 1. The van der Waals surface area contributed by atoms with Crippen LogP contribution in [0.1, 0.15) is 39.5 Å². The van der Waals surface area contributed by atoms with Crippen molar-refractivity contribution in [1.29, 1.82) is 0 Å². The maximum Gasteiger partial charge on any atom is 0.160 e. The maximum absolute atomic E-state index is 5.83. The van der Waals surface area contributed by atoms with Gasteiger partial charge in [0.2, 0.25) is 0 Å². The second kappa shape index (κ2) is 6.41. The van der Waals surface area contributed by atoms with Crippen LogP contribution in [-0.2, 0) is 0 Å². The smallest absolute Gasteiger partial charge is 0.160 e. The zero-order valence-electron chi connectivity index (χ0n) is 11.6. The van der Waals surface area contributed by atoms with Crippen LogP contribution in [0.2, 0.25) is 0 Å². The van der Waals surface area contributed by atoms with Gasteiger partial charge in [-0.15, -0.1) is 0 Å². The van der Waals surface area contributed by atoms with Crippen LogP contribution in [0.25, 0.3) is 11.0 Å². The number of nitrogens with one attached hydrogen (secondary N) is 1. The first-order valence-corrected chi connectivity index (χ1v) is 7.00. The average molecular weight is 262 g/mol. The van der Waals surface area contributed by atoms with Crippen LogP contribution in [0.4, 0.5) is 11.4 Å². The molecule has 104 valence electrons. The molecule has 1 aromatic heterocycles. The second-order valence-corrected chi connectivity index (χ2v) is 4.96. The molecule has 1 unspecified atom stereocenters. The van der Waals surface area contributed by atoms with Crippen LogP contribution in [0, 0.1) is 5.92 Å². The summed E-state index contributed by atoms with van der Waals surface area (Å²) in [5.41, 5.74) is 8.71. The molecule has 3 N–H and O–H groups in total. The van der Waals surface area contributed by atoms with E-state index in [1.165, 1.54) is 25.7 Å². The molecular weight excluding hydrogens is 240 g/mol. The van der Waals surface area contributed by atoms with E-state index in [4.69, 9.17) is 10.4 Å². The highest BCUT2D eigenvalue weighted by Crippen LogP contribution is 2.25. The van der Waals surface area contributed by atoms with Crippen molar-refractivity contribution in [3.05, 3.63) is 12.1 Å². The summed E-state index contributed by atoms with van der Waals surface area (Å²) < 4.78 is 4.76. The Kier molecular flexibility index (Phi) is 4.60. The molecule has 0 fully saturated rings. The van der Waals surface area contributed by atoms with Gasteiger partial charge in [-0.3, -0.25) is 0 Å². The van der Waals surface area contributed by atoms with E-state index in [-0.39, 0.29) is 0 Å². The third kappa shape index (κ3) is 3.16. The maximum atomic E-state index is 5.83. The summed E-state index contributed by atoms with van der Waals surface area (Å²) in [6.07, 6.45) is 4.97. The first-order chi connectivity index (χ1) is 9.26. The average Bonchev–Trinajstić information content (AvgIpc) is 2.91. The van der Waals surface area contributed by atoms with Crippen molar-refractivity contribution in [3.63, 3.8) is 0 Å². The highest BCUT2D eigenvalue weighted by Gasteiger charge is 2.11. The predicted octanol–water partition coefficient (Wildman–Crippen LogP) is 3.43. The molecule has 0 aliphatic carbocycles. The molecule has 1 atom stereocenters. The topological polar surface area (TPSA) is 77.0 Å². The monoisotopic (exact) mass is 262 g/mol. The Morgan fingerprint density at radius 2 is 2.05 bits per heavy atom. The number of aromatic nitrogens is 2. The SMILES string of the molecule is CCCCC(CC)CNc1ccc(N)c2nonc12. The van der Waals surface area contributed by atoms with Crippen molar-refractivity contribution in [2.75, 3.05) is 17.6 Å². The number of hydrogen-bond donors (Lipinski definition) is 2. The molecule has 0 spiro atoms. The van der Waals surface area contributed by atoms with Crippen LogP contribution in [0.15, 0.2) is 16.8 Å². The lowest BCUT2D eigenvalue weighted by atomic mass is 9.99. The van der Waals surface area contributed by atoms with Crippen molar-refractivity contribution in [2.24, 2.45) is 5.92 Å². The van der Waals surface area contributed by atoms with E-state index in [0.29, 0.717) is 22.6 Å². The molecule has 1 aromatic carbocycles. The van der Waals surface area contributed by atoms with E-state index in [0.717, 1.165) is 12.2 Å². The molecule has 0 aliphatic heterocycles. The van der Waals surface area contributed by atoms with Crippen molar-refractivity contribution in [2.45, 2.75) is 39.5 Å². The molecule has 0 aliphatic rings. The number of unbranched alkanes of at least 4 members (excludes halogenated alkanes) is 1. The van der Waals surface area contributed by atoms with Gasteiger partial charge >= 0.3 is 0 Å². The van der Waals surface area contributed by atoms with Crippen molar-refractivity contribution in [3.8, 4) is 0 Å². The summed E-state index contributed by atoms with van der Waals surface area (Å²) in [5, 5.41) is 11.2. The van der Waals surface area contributed by atoms with Gasteiger partial charge in [0.1, 0.15) is 0 Å². The van der Waals surface area contributed by atoms with Crippen LogP contribution < -0.4 is 11.1 Å². The quantitative estimate of drug-likeness (QED) is 0.747. The van der Waals surface area contributed by atoms with Gasteiger partial charge in [-0.2, -0.15) is 0 Å². The van der Waals surface area contributed by atoms with Crippen molar-refractivity contribution < 1.29 is 4.63 Å². The minimum atomic E-state index is 0.597. The first kappa shape index (κ1) is 13.6. The highest BCUT2D eigenvalue weighted by atomic mass is 16.6. The van der Waals surface area contributed by atoms with Gasteiger partial charge in [0.05, 0.1) is 11.4 Å². The molecular formula is C14H22N4O. The number of nitrogens with two attached hydrogens (primary N) is 1. The van der Waals surface area contributed by atoms with E-state index in [2.05, 4.69) is 29.5 Å². The van der Waals surface area contributed by atoms with Gasteiger partial charge < -0.3 is 11.1 Å². The summed E-state index contributed by atoms with van der Waals surface area (Å²) in [6.45, 7) is 5.41. The zero-order valence-corrected chi connectivity index (χ0v) is 11.6. The normalized spacial score (nSPS) is 12.7. The number of anilines is 2. The summed E-state index contributed by atoms with van der Waals surface area (Å²) >= 11 is 0. The molecule has 5 nitrogen and oxygen atoms in total. The number of nitrogen functional groups attached to an aromatic ring is 1. The van der Waals surface area contributed by atoms with E-state index < -0.39 is 0 Å². The Morgan fingerprint density at radius 1 is 1.26 bits per heavy atom. The Balaban J connectivity index is 2.05. The van der Waals surface area contributed by atoms with Gasteiger partial charge in [-0.05, 0) is 34.8 Å². The predicted molar refractivity (Wildman–Crippen MR) is 78.0 cm³/mol. The number of rotatable bonds is 7. The molecule has 0 bridgehead atoms. The van der Waals surface area contributed by atoms with Crippen molar-refractivity contribution >= 4 is 22.4 Å². The lowest BCUT2D eigenvalue weighted by Crippen LogP contribution is -2.14. The van der Waals surface area contributed by atoms with Gasteiger partial charge in [-0.25, -0.2) is 4.63 Å². The number of fused-ring (bicyclic) bond motifs is 1. The third-order valence-electron chi connectivity index (χ3n) is 3.57. The molecule has 0 saturated carbocycles. The summed E-state index contributed by atoms with van der Waals surface area (Å²) in [5.74, 6) is 0.687. The van der Waals surface area contributed by atoms with Crippen LogP contribution in [-0.4, -0.2) is 16.9 Å². The molecule has 0 amide bonds. The Hall–Kier alpha value is -1.78. The fraction of sp³-hybridized carbons (Fsp3) is 0.571. The molecule has 1 heterocycles. The Bertz CT molecular complexity index is 523. The fourth-order valence-electron chi connectivity index (χ4n) is 2.23. The summed E-state index contributed by atoms with van der Waals surface area (Å²) in [4.78, 5) is 0. The lowest BCUT2D eigenvalue weighted by Gasteiger charge is -2.16. The van der Waals surface area contributed by atoms with E-state index in [1.807, 2.05) is 12.1 Å². The number of hydrogen-bond acceptors (Lipinski definition) is 5. The molecule has 2 aromatic rings. The summed E-state index contributed by atoms with van der Waals surface area (Å²) in [7, 11) is 0. The largest absolute Gasteiger partial charge is 0.397 e. The first-order valence-electron chi connectivity index (χ1n) is 7.00. The highest BCUT2D eigenvalue weighted by molar-refractivity contribution is 5.94. The fourth-order valence-corrected chi connectivity index (χ4v) is 2.23. The van der Waals surface area contributed by atoms with Crippen molar-refractivity contribution in [1.82, 2.24) is 10.3 Å². The molecule has 5 heteroatoms. The molecule has 19 heavy (non-hydrogen) atoms. The molecule has 0 saturated heterocycles. The van der Waals surface area contributed by atoms with Crippen LogP contribution in [0.3, 0.4) is 0 Å². The minimum absolute atomic E-state index is 0.597. The van der Waals surface area contributed by atoms with Gasteiger partial charge in [0.25, 0.3) is 0 Å². The van der Waals surface area contributed by atoms with Crippen LogP contribution in [0.5, 0.6) is 0 Å². The van der Waals surface area contributed by atoms with Crippen LogP contribution >= 0.6 is 0 Å². The van der Waals surface area contributed by atoms with E-state index in [9.17, 15) is 0 Å². The summed E-state index contributed by atoms with van der Waals surface area (Å²) in [6, 6.07) is 3.77. The molecule has 0 radical (unpaired) electrons. The Morgan fingerprint density at radius 3 is 2.79 bits per heavy atom. The van der Waals surface area contributed by atoms with E-state index in [1.54, 1.807) is 0 Å². The van der Waals surface area contributed by atoms with Gasteiger partial charge in [0, 0.05) is 6.54 Å².